The van der Waals surface area contributed by atoms with E-state index in [0.717, 1.165) is 11.3 Å². The molecule has 0 atom stereocenters. The van der Waals surface area contributed by atoms with Crippen molar-refractivity contribution in [1.29, 1.82) is 0 Å². The van der Waals surface area contributed by atoms with E-state index in [2.05, 4.69) is 0 Å². The summed E-state index contributed by atoms with van der Waals surface area (Å²) in [6, 6.07) is 13.2. The van der Waals surface area contributed by atoms with Crippen molar-refractivity contribution in [2.45, 2.75) is 13.8 Å². The van der Waals surface area contributed by atoms with E-state index >= 15 is 0 Å². The quantitative estimate of drug-likeness (QED) is 0.845. The maximum absolute atomic E-state index is 13.0. The summed E-state index contributed by atoms with van der Waals surface area (Å²) >= 11 is 0. The van der Waals surface area contributed by atoms with Crippen molar-refractivity contribution < 1.29 is 14.3 Å². The summed E-state index contributed by atoms with van der Waals surface area (Å²) in [5.41, 5.74) is 2.45. The lowest BCUT2D eigenvalue weighted by atomic mass is 10.1. The molecule has 2 aromatic rings. The van der Waals surface area contributed by atoms with Crippen LogP contribution in [0.15, 0.2) is 42.5 Å². The molecule has 0 unspecified atom stereocenters. The third kappa shape index (κ3) is 2.91. The van der Waals surface area contributed by atoms with Crippen molar-refractivity contribution >= 4 is 11.6 Å². The van der Waals surface area contributed by atoms with Gasteiger partial charge in [0.1, 0.15) is 0 Å². The summed E-state index contributed by atoms with van der Waals surface area (Å²) in [5, 5.41) is 0. The number of ether oxygens (including phenoxy) is 2. The zero-order chi connectivity index (χ0) is 16.1. The molecule has 0 spiro atoms. The highest BCUT2D eigenvalue weighted by Gasteiger charge is 2.22. The molecular weight excluding hydrogens is 278 g/mol. The van der Waals surface area contributed by atoms with Crippen molar-refractivity contribution in [1.82, 2.24) is 0 Å². The fourth-order valence-electron chi connectivity index (χ4n) is 2.49. The molecule has 22 heavy (non-hydrogen) atoms. The number of nitrogens with zero attached hydrogens (tertiary/aromatic N) is 1. The Bertz CT molecular complexity index is 667. The second-order valence-electron chi connectivity index (χ2n) is 4.88. The van der Waals surface area contributed by atoms with Crippen LogP contribution >= 0.6 is 0 Å². The monoisotopic (exact) mass is 299 g/mol. The van der Waals surface area contributed by atoms with Gasteiger partial charge < -0.3 is 14.4 Å². The molecule has 0 fully saturated rings. The Balaban J connectivity index is 2.48. The van der Waals surface area contributed by atoms with Crippen molar-refractivity contribution in [2.24, 2.45) is 0 Å². The van der Waals surface area contributed by atoms with E-state index in [1.54, 1.807) is 37.3 Å². The number of aryl methyl sites for hydroxylation is 1. The number of carbonyl (C=O) groups is 1. The molecule has 2 aromatic carbocycles. The molecule has 0 bridgehead atoms. The zero-order valence-electron chi connectivity index (χ0n) is 13.4. The number of benzene rings is 2. The largest absolute Gasteiger partial charge is 0.493 e. The Labute approximate surface area is 131 Å². The van der Waals surface area contributed by atoms with E-state index in [0.29, 0.717) is 23.6 Å². The SMILES string of the molecule is CCN(C(=O)c1cccc(OC)c1OC)c1ccccc1C. The first-order valence-corrected chi connectivity index (χ1v) is 7.22. The first-order valence-electron chi connectivity index (χ1n) is 7.22. The lowest BCUT2D eigenvalue weighted by Crippen LogP contribution is -2.31. The molecule has 1 amide bonds. The predicted octanol–water partition coefficient (Wildman–Crippen LogP) is 3.68. The van der Waals surface area contributed by atoms with Crippen molar-refractivity contribution in [3.63, 3.8) is 0 Å². The standard InChI is InChI=1S/C18H21NO3/c1-5-19(15-11-7-6-9-13(15)2)18(20)14-10-8-12-16(21-3)17(14)22-4/h6-12H,5H2,1-4H3. The molecule has 0 saturated carbocycles. The van der Waals surface area contributed by atoms with Crippen molar-refractivity contribution in [2.75, 3.05) is 25.7 Å². The van der Waals surface area contributed by atoms with Gasteiger partial charge in [0.2, 0.25) is 0 Å². The summed E-state index contributed by atoms with van der Waals surface area (Å²) in [6.45, 7) is 4.52. The molecular formula is C18H21NO3. The lowest BCUT2D eigenvalue weighted by Gasteiger charge is -2.24. The number of para-hydroxylation sites is 2. The predicted molar refractivity (Wildman–Crippen MR) is 88.1 cm³/mol. The van der Waals surface area contributed by atoms with Crippen LogP contribution in [0.1, 0.15) is 22.8 Å². The zero-order valence-corrected chi connectivity index (χ0v) is 13.4. The molecule has 4 nitrogen and oxygen atoms in total. The molecule has 0 saturated heterocycles. The Kier molecular flexibility index (Phi) is 5.04. The molecule has 0 aliphatic carbocycles. The van der Waals surface area contributed by atoms with E-state index in [9.17, 15) is 4.79 Å². The van der Waals surface area contributed by atoms with E-state index < -0.39 is 0 Å². The smallest absolute Gasteiger partial charge is 0.262 e. The third-order valence-corrected chi connectivity index (χ3v) is 3.60. The molecule has 0 radical (unpaired) electrons. The number of anilines is 1. The van der Waals surface area contributed by atoms with Gasteiger partial charge in [-0.05, 0) is 37.6 Å². The minimum absolute atomic E-state index is 0.104. The highest BCUT2D eigenvalue weighted by molar-refractivity contribution is 6.08. The molecule has 0 aliphatic rings. The van der Waals surface area contributed by atoms with Gasteiger partial charge in [-0.1, -0.05) is 24.3 Å². The normalized spacial score (nSPS) is 10.2. The van der Waals surface area contributed by atoms with Gasteiger partial charge in [-0.25, -0.2) is 0 Å². The van der Waals surface area contributed by atoms with Gasteiger partial charge in [-0.3, -0.25) is 4.79 Å². The average molecular weight is 299 g/mol. The van der Waals surface area contributed by atoms with Gasteiger partial charge in [0.25, 0.3) is 5.91 Å². The van der Waals surface area contributed by atoms with Crippen LogP contribution in [-0.2, 0) is 0 Å². The minimum atomic E-state index is -0.104. The maximum Gasteiger partial charge on any atom is 0.262 e. The highest BCUT2D eigenvalue weighted by atomic mass is 16.5. The summed E-state index contributed by atoms with van der Waals surface area (Å²) in [4.78, 5) is 14.7. The topological polar surface area (TPSA) is 38.8 Å². The fourth-order valence-corrected chi connectivity index (χ4v) is 2.49. The van der Waals surface area contributed by atoms with Crippen LogP contribution < -0.4 is 14.4 Å². The van der Waals surface area contributed by atoms with E-state index in [-0.39, 0.29) is 5.91 Å². The van der Waals surface area contributed by atoms with Gasteiger partial charge in [0.05, 0.1) is 19.8 Å². The van der Waals surface area contributed by atoms with Crippen LogP contribution in [0.2, 0.25) is 0 Å². The van der Waals surface area contributed by atoms with E-state index in [1.807, 2.05) is 38.1 Å². The number of methoxy groups -OCH3 is 2. The van der Waals surface area contributed by atoms with Crippen LogP contribution in [0.3, 0.4) is 0 Å². The highest BCUT2D eigenvalue weighted by Crippen LogP contribution is 2.32. The summed E-state index contributed by atoms with van der Waals surface area (Å²) in [5.74, 6) is 0.906. The van der Waals surface area contributed by atoms with Crippen LogP contribution in [0.25, 0.3) is 0 Å². The first-order chi connectivity index (χ1) is 10.6. The Morgan fingerprint density at radius 3 is 2.36 bits per heavy atom. The number of rotatable bonds is 5. The summed E-state index contributed by atoms with van der Waals surface area (Å²) in [6.07, 6.45) is 0. The molecule has 116 valence electrons. The van der Waals surface area contributed by atoms with Crippen molar-refractivity contribution in [3.05, 3.63) is 53.6 Å². The van der Waals surface area contributed by atoms with Crippen LogP contribution in [0.5, 0.6) is 11.5 Å². The Morgan fingerprint density at radius 2 is 1.77 bits per heavy atom. The van der Waals surface area contributed by atoms with Gasteiger partial charge >= 0.3 is 0 Å². The van der Waals surface area contributed by atoms with Crippen LogP contribution in [0.4, 0.5) is 5.69 Å². The van der Waals surface area contributed by atoms with Gasteiger partial charge in [0.15, 0.2) is 11.5 Å². The van der Waals surface area contributed by atoms with Crippen LogP contribution in [-0.4, -0.2) is 26.7 Å². The van der Waals surface area contributed by atoms with Gasteiger partial charge in [-0.15, -0.1) is 0 Å². The number of hydrogen-bond donors (Lipinski definition) is 0. The minimum Gasteiger partial charge on any atom is -0.493 e. The van der Waals surface area contributed by atoms with Gasteiger partial charge in [0, 0.05) is 12.2 Å². The second kappa shape index (κ2) is 6.98. The van der Waals surface area contributed by atoms with Gasteiger partial charge in [-0.2, -0.15) is 0 Å². The average Bonchev–Trinajstić information content (AvgIpc) is 2.56. The fraction of sp³-hybridized carbons (Fsp3) is 0.278. The molecule has 0 aliphatic heterocycles. The number of hydrogen-bond acceptors (Lipinski definition) is 3. The van der Waals surface area contributed by atoms with Crippen LogP contribution in [0, 0.1) is 6.92 Å². The third-order valence-electron chi connectivity index (χ3n) is 3.60. The second-order valence-corrected chi connectivity index (χ2v) is 4.88. The molecule has 4 heteroatoms. The molecule has 0 N–H and O–H groups in total. The molecule has 2 rings (SSSR count). The van der Waals surface area contributed by atoms with E-state index in [4.69, 9.17) is 9.47 Å². The molecule has 0 aromatic heterocycles. The first kappa shape index (κ1) is 15.9. The summed E-state index contributed by atoms with van der Waals surface area (Å²) < 4.78 is 10.7. The lowest BCUT2D eigenvalue weighted by molar-refractivity contribution is 0.0984. The Hall–Kier alpha value is -2.49. The molecule has 0 heterocycles. The summed E-state index contributed by atoms with van der Waals surface area (Å²) in [7, 11) is 3.10. The number of amides is 1. The van der Waals surface area contributed by atoms with Crippen molar-refractivity contribution in [3.8, 4) is 11.5 Å². The van der Waals surface area contributed by atoms with E-state index in [1.165, 1.54) is 0 Å². The maximum atomic E-state index is 13.0. The number of carbonyl (C=O) groups excluding carboxylic acids is 1. The Morgan fingerprint density at radius 1 is 1.05 bits per heavy atom.